The number of hydrogen-bond donors (Lipinski definition) is 2. The Balaban J connectivity index is 2.23. The summed E-state index contributed by atoms with van der Waals surface area (Å²) in [6.07, 6.45) is 2.80. The number of carboxylic acid groups (broad SMARTS) is 1. The zero-order valence-electron chi connectivity index (χ0n) is 9.69. The van der Waals surface area contributed by atoms with E-state index < -0.39 is 5.97 Å². The standard InChI is InChI=1S/C13H17NO3/c1-2-3-8-14-9-10-17-12-6-4-11(5-7-12)13(15)16/h2,4-7,14H,1,3,8-10H2,(H,15,16). The van der Waals surface area contributed by atoms with Crippen LogP contribution in [0.2, 0.25) is 0 Å². The van der Waals surface area contributed by atoms with Gasteiger partial charge in [0, 0.05) is 6.54 Å². The first-order valence-corrected chi connectivity index (χ1v) is 5.52. The maximum absolute atomic E-state index is 10.6. The SMILES string of the molecule is C=CCCNCCOc1ccc(C(=O)O)cc1. The van der Waals surface area contributed by atoms with Gasteiger partial charge in [-0.1, -0.05) is 6.08 Å². The van der Waals surface area contributed by atoms with Crippen molar-refractivity contribution in [2.45, 2.75) is 6.42 Å². The van der Waals surface area contributed by atoms with Gasteiger partial charge in [0.15, 0.2) is 0 Å². The van der Waals surface area contributed by atoms with Gasteiger partial charge in [0.2, 0.25) is 0 Å². The van der Waals surface area contributed by atoms with E-state index >= 15 is 0 Å². The molecule has 0 spiro atoms. The molecule has 0 saturated carbocycles. The minimum absolute atomic E-state index is 0.265. The third-order valence-electron chi connectivity index (χ3n) is 2.17. The minimum Gasteiger partial charge on any atom is -0.492 e. The Morgan fingerprint density at radius 1 is 1.35 bits per heavy atom. The molecule has 1 rings (SSSR count). The molecule has 4 nitrogen and oxygen atoms in total. The molecule has 0 aliphatic carbocycles. The average Bonchev–Trinajstić information content (AvgIpc) is 2.34. The highest BCUT2D eigenvalue weighted by Gasteiger charge is 2.01. The van der Waals surface area contributed by atoms with Crippen LogP contribution in [0.4, 0.5) is 0 Å². The summed E-state index contributed by atoms with van der Waals surface area (Å²) >= 11 is 0. The van der Waals surface area contributed by atoms with Crippen LogP contribution in [0.15, 0.2) is 36.9 Å². The molecule has 0 saturated heterocycles. The van der Waals surface area contributed by atoms with E-state index in [1.807, 2.05) is 6.08 Å². The molecule has 0 amide bonds. The molecule has 2 N–H and O–H groups in total. The number of aromatic carboxylic acids is 1. The molecule has 0 heterocycles. The summed E-state index contributed by atoms with van der Waals surface area (Å²) in [6, 6.07) is 6.38. The van der Waals surface area contributed by atoms with Gasteiger partial charge in [0.1, 0.15) is 12.4 Å². The molecule has 92 valence electrons. The molecular formula is C13H17NO3. The third kappa shape index (κ3) is 5.17. The lowest BCUT2D eigenvalue weighted by Gasteiger charge is -2.07. The van der Waals surface area contributed by atoms with Gasteiger partial charge in [-0.15, -0.1) is 6.58 Å². The Kier molecular flexibility index (Phi) is 5.82. The maximum atomic E-state index is 10.6. The molecule has 1 aromatic rings. The predicted octanol–water partition coefficient (Wildman–Crippen LogP) is 1.93. The predicted molar refractivity (Wildman–Crippen MR) is 66.6 cm³/mol. The van der Waals surface area contributed by atoms with Crippen molar-refractivity contribution in [3.05, 3.63) is 42.5 Å². The fourth-order valence-electron chi connectivity index (χ4n) is 1.26. The van der Waals surface area contributed by atoms with Crippen molar-refractivity contribution in [1.82, 2.24) is 5.32 Å². The van der Waals surface area contributed by atoms with Gasteiger partial charge in [0.25, 0.3) is 0 Å². The second kappa shape index (κ2) is 7.46. The van der Waals surface area contributed by atoms with E-state index in [0.29, 0.717) is 12.4 Å². The number of rotatable bonds is 8. The number of benzene rings is 1. The van der Waals surface area contributed by atoms with E-state index in [1.54, 1.807) is 12.1 Å². The molecule has 0 aromatic heterocycles. The van der Waals surface area contributed by atoms with Crippen LogP contribution in [0, 0.1) is 0 Å². The number of nitrogens with one attached hydrogen (secondary N) is 1. The number of ether oxygens (including phenoxy) is 1. The van der Waals surface area contributed by atoms with Crippen molar-refractivity contribution in [1.29, 1.82) is 0 Å². The molecule has 17 heavy (non-hydrogen) atoms. The average molecular weight is 235 g/mol. The van der Waals surface area contributed by atoms with Crippen LogP contribution in [-0.4, -0.2) is 30.8 Å². The summed E-state index contributed by atoms with van der Waals surface area (Å²) < 4.78 is 5.44. The molecule has 0 bridgehead atoms. The Hall–Kier alpha value is -1.81. The lowest BCUT2D eigenvalue weighted by Crippen LogP contribution is -2.21. The van der Waals surface area contributed by atoms with Crippen LogP contribution in [0.5, 0.6) is 5.75 Å². The molecule has 0 radical (unpaired) electrons. The largest absolute Gasteiger partial charge is 0.492 e. The molecule has 1 aromatic carbocycles. The topological polar surface area (TPSA) is 58.6 Å². The fourth-order valence-corrected chi connectivity index (χ4v) is 1.26. The molecule has 0 aliphatic heterocycles. The van der Waals surface area contributed by atoms with Gasteiger partial charge >= 0.3 is 5.97 Å². The van der Waals surface area contributed by atoms with E-state index in [0.717, 1.165) is 19.5 Å². The van der Waals surface area contributed by atoms with Crippen LogP contribution in [0.1, 0.15) is 16.8 Å². The summed E-state index contributed by atoms with van der Waals surface area (Å²) in [4.78, 5) is 10.6. The van der Waals surface area contributed by atoms with Crippen molar-refractivity contribution in [2.75, 3.05) is 19.7 Å². The van der Waals surface area contributed by atoms with Crippen LogP contribution in [0.3, 0.4) is 0 Å². The van der Waals surface area contributed by atoms with Crippen molar-refractivity contribution >= 4 is 5.97 Å². The monoisotopic (exact) mass is 235 g/mol. The highest BCUT2D eigenvalue weighted by Crippen LogP contribution is 2.11. The van der Waals surface area contributed by atoms with Crippen LogP contribution >= 0.6 is 0 Å². The van der Waals surface area contributed by atoms with Gasteiger partial charge in [-0.3, -0.25) is 0 Å². The van der Waals surface area contributed by atoms with E-state index in [9.17, 15) is 4.79 Å². The molecule has 0 fully saturated rings. The summed E-state index contributed by atoms with van der Waals surface area (Å²) in [6.45, 7) is 5.84. The Labute approximate surface area is 101 Å². The van der Waals surface area contributed by atoms with Gasteiger partial charge in [-0.05, 0) is 37.2 Å². The number of hydrogen-bond acceptors (Lipinski definition) is 3. The van der Waals surface area contributed by atoms with E-state index in [2.05, 4.69) is 11.9 Å². The molecule has 0 unspecified atom stereocenters. The summed E-state index contributed by atoms with van der Waals surface area (Å²) in [7, 11) is 0. The van der Waals surface area contributed by atoms with Crippen molar-refractivity contribution in [3.8, 4) is 5.75 Å². The zero-order valence-corrected chi connectivity index (χ0v) is 9.69. The normalized spacial score (nSPS) is 9.88. The van der Waals surface area contributed by atoms with Gasteiger partial charge in [-0.25, -0.2) is 4.79 Å². The van der Waals surface area contributed by atoms with E-state index in [-0.39, 0.29) is 5.56 Å². The summed E-state index contributed by atoms with van der Waals surface area (Å²) in [5.41, 5.74) is 0.265. The smallest absolute Gasteiger partial charge is 0.335 e. The van der Waals surface area contributed by atoms with Crippen LogP contribution < -0.4 is 10.1 Å². The van der Waals surface area contributed by atoms with Gasteiger partial charge in [0.05, 0.1) is 5.56 Å². The molecular weight excluding hydrogens is 218 g/mol. The minimum atomic E-state index is -0.928. The van der Waals surface area contributed by atoms with Gasteiger partial charge < -0.3 is 15.2 Å². The van der Waals surface area contributed by atoms with E-state index in [4.69, 9.17) is 9.84 Å². The van der Waals surface area contributed by atoms with Crippen LogP contribution in [-0.2, 0) is 0 Å². The first-order chi connectivity index (χ1) is 8.24. The zero-order chi connectivity index (χ0) is 12.5. The Bertz CT molecular complexity index is 359. The maximum Gasteiger partial charge on any atom is 0.335 e. The molecule has 0 atom stereocenters. The lowest BCUT2D eigenvalue weighted by molar-refractivity contribution is 0.0697. The Morgan fingerprint density at radius 3 is 2.65 bits per heavy atom. The summed E-state index contributed by atoms with van der Waals surface area (Å²) in [5, 5.41) is 11.9. The Morgan fingerprint density at radius 2 is 2.06 bits per heavy atom. The van der Waals surface area contributed by atoms with Crippen molar-refractivity contribution in [2.24, 2.45) is 0 Å². The first kappa shape index (κ1) is 13.3. The quantitative estimate of drug-likeness (QED) is 0.534. The summed E-state index contributed by atoms with van der Waals surface area (Å²) in [5.74, 6) is -0.247. The van der Waals surface area contributed by atoms with Crippen molar-refractivity contribution < 1.29 is 14.6 Å². The van der Waals surface area contributed by atoms with Gasteiger partial charge in [-0.2, -0.15) is 0 Å². The van der Waals surface area contributed by atoms with Crippen molar-refractivity contribution in [3.63, 3.8) is 0 Å². The lowest BCUT2D eigenvalue weighted by atomic mass is 10.2. The molecule has 4 heteroatoms. The number of carbonyl (C=O) groups is 1. The number of carboxylic acids is 1. The van der Waals surface area contributed by atoms with E-state index in [1.165, 1.54) is 12.1 Å². The second-order valence-electron chi connectivity index (χ2n) is 3.51. The first-order valence-electron chi connectivity index (χ1n) is 5.52. The highest BCUT2D eigenvalue weighted by molar-refractivity contribution is 5.87. The second-order valence-corrected chi connectivity index (χ2v) is 3.51. The third-order valence-corrected chi connectivity index (χ3v) is 2.17. The fraction of sp³-hybridized carbons (Fsp3) is 0.308. The molecule has 0 aliphatic rings. The van der Waals surface area contributed by atoms with Crippen LogP contribution in [0.25, 0.3) is 0 Å². The highest BCUT2D eigenvalue weighted by atomic mass is 16.5.